The van der Waals surface area contributed by atoms with E-state index >= 15 is 0 Å². The maximum Gasteiger partial charge on any atom is 0.242 e. The van der Waals surface area contributed by atoms with Crippen molar-refractivity contribution in [3.05, 3.63) is 27.2 Å². The monoisotopic (exact) mass is 341 g/mol. The molecule has 0 aliphatic heterocycles. The minimum absolute atomic E-state index is 0.0193. The maximum absolute atomic E-state index is 12.3. The first-order valence-electron chi connectivity index (χ1n) is 6.07. The highest BCUT2D eigenvalue weighted by atomic mass is 35.5. The van der Waals surface area contributed by atoms with Crippen molar-refractivity contribution < 1.29 is 8.42 Å². The Labute approximate surface area is 128 Å². The Hall–Kier alpha value is -0.000000000000000167. The van der Waals surface area contributed by atoms with Gasteiger partial charge < -0.3 is 0 Å². The first-order chi connectivity index (χ1) is 8.92. The van der Waals surface area contributed by atoms with E-state index in [1.807, 2.05) is 0 Å². The van der Waals surface area contributed by atoms with Gasteiger partial charge in [-0.15, -0.1) is 0 Å². The molecule has 2 rings (SSSR count). The molecule has 3 nitrogen and oxygen atoms in total. The minimum Gasteiger partial charge on any atom is -0.208 e. The third kappa shape index (κ3) is 3.56. The van der Waals surface area contributed by atoms with Gasteiger partial charge in [0.15, 0.2) is 0 Å². The van der Waals surface area contributed by atoms with Gasteiger partial charge in [0.05, 0.1) is 15.1 Å². The van der Waals surface area contributed by atoms with E-state index in [0.717, 1.165) is 32.1 Å². The van der Waals surface area contributed by atoms with Crippen molar-refractivity contribution >= 4 is 44.8 Å². The Morgan fingerprint density at radius 2 is 1.63 bits per heavy atom. The zero-order valence-electron chi connectivity index (χ0n) is 10.1. The maximum atomic E-state index is 12.3. The molecule has 7 heteroatoms. The molecule has 1 fully saturated rings. The molecule has 0 bridgehead atoms. The lowest BCUT2D eigenvalue weighted by Crippen LogP contribution is -2.36. The van der Waals surface area contributed by atoms with Crippen LogP contribution in [0, 0.1) is 0 Å². The highest BCUT2D eigenvalue weighted by Crippen LogP contribution is 2.35. The fraction of sp³-hybridized carbons (Fsp3) is 0.500. The lowest BCUT2D eigenvalue weighted by atomic mass is 9.96. The number of halogens is 3. The summed E-state index contributed by atoms with van der Waals surface area (Å²) in [7, 11) is -3.65. The zero-order chi connectivity index (χ0) is 14.0. The highest BCUT2D eigenvalue weighted by molar-refractivity contribution is 7.89. The second-order valence-corrected chi connectivity index (χ2v) is 7.48. The Morgan fingerprint density at radius 1 is 1.00 bits per heavy atom. The first kappa shape index (κ1) is 15.4. The summed E-state index contributed by atoms with van der Waals surface area (Å²) in [4.78, 5) is -0.0193. The number of nitrogens with one attached hydrogen (secondary N) is 1. The zero-order valence-corrected chi connectivity index (χ0v) is 13.2. The van der Waals surface area contributed by atoms with Crippen molar-refractivity contribution in [2.24, 2.45) is 0 Å². The van der Waals surface area contributed by atoms with Crippen LogP contribution in [0.2, 0.25) is 15.1 Å². The predicted octanol–water partition coefficient (Wildman–Crippen LogP) is 4.26. The molecule has 106 valence electrons. The molecule has 0 unspecified atom stereocenters. The second kappa shape index (κ2) is 6.19. The van der Waals surface area contributed by atoms with Gasteiger partial charge in [-0.1, -0.05) is 54.1 Å². The summed E-state index contributed by atoms with van der Waals surface area (Å²) in [6.07, 6.45) is 4.96. The molecule has 1 saturated carbocycles. The van der Waals surface area contributed by atoms with Crippen LogP contribution in [0.15, 0.2) is 17.0 Å². The van der Waals surface area contributed by atoms with Gasteiger partial charge in [0.1, 0.15) is 4.90 Å². The molecule has 0 saturated heterocycles. The topological polar surface area (TPSA) is 46.2 Å². The summed E-state index contributed by atoms with van der Waals surface area (Å²) in [6, 6.07) is 2.79. The molecule has 19 heavy (non-hydrogen) atoms. The fourth-order valence-electron chi connectivity index (χ4n) is 2.22. The number of benzene rings is 1. The molecular formula is C12H14Cl3NO2S. The van der Waals surface area contributed by atoms with Gasteiger partial charge >= 0.3 is 0 Å². The lowest BCUT2D eigenvalue weighted by Gasteiger charge is -2.23. The number of sulfonamides is 1. The van der Waals surface area contributed by atoms with E-state index in [4.69, 9.17) is 34.8 Å². The Kier molecular flexibility index (Phi) is 5.01. The van der Waals surface area contributed by atoms with Crippen LogP contribution < -0.4 is 4.72 Å². The molecule has 0 heterocycles. The fourth-order valence-corrected chi connectivity index (χ4v) is 4.50. The number of rotatable bonds is 3. The Morgan fingerprint density at radius 3 is 2.26 bits per heavy atom. The third-order valence-electron chi connectivity index (χ3n) is 3.22. The van der Waals surface area contributed by atoms with Gasteiger partial charge in [0, 0.05) is 6.04 Å². The summed E-state index contributed by atoms with van der Waals surface area (Å²) < 4.78 is 27.3. The molecule has 1 aliphatic carbocycles. The summed E-state index contributed by atoms with van der Waals surface area (Å²) in [6.45, 7) is 0. The van der Waals surface area contributed by atoms with Crippen molar-refractivity contribution in [3.8, 4) is 0 Å². The quantitative estimate of drug-likeness (QED) is 0.834. The van der Waals surface area contributed by atoms with E-state index in [1.54, 1.807) is 0 Å². The summed E-state index contributed by atoms with van der Waals surface area (Å²) in [5.74, 6) is 0. The third-order valence-corrected chi connectivity index (χ3v) is 6.18. The molecule has 1 N–H and O–H groups in total. The van der Waals surface area contributed by atoms with E-state index in [-0.39, 0.29) is 26.0 Å². The number of hydrogen-bond donors (Lipinski definition) is 1. The van der Waals surface area contributed by atoms with Crippen molar-refractivity contribution in [3.63, 3.8) is 0 Å². The van der Waals surface area contributed by atoms with Crippen molar-refractivity contribution in [2.75, 3.05) is 0 Å². The van der Waals surface area contributed by atoms with Crippen LogP contribution in [-0.4, -0.2) is 14.5 Å². The van der Waals surface area contributed by atoms with Crippen LogP contribution in [0.3, 0.4) is 0 Å². The predicted molar refractivity (Wildman–Crippen MR) is 78.7 cm³/mol. The molecule has 0 amide bonds. The second-order valence-electron chi connectivity index (χ2n) is 4.63. The van der Waals surface area contributed by atoms with Crippen molar-refractivity contribution in [1.29, 1.82) is 0 Å². The van der Waals surface area contributed by atoms with Gasteiger partial charge in [0.2, 0.25) is 10.0 Å². The molecule has 1 aliphatic rings. The van der Waals surface area contributed by atoms with E-state index in [0.29, 0.717) is 0 Å². The SMILES string of the molecule is O=S(=O)(NC1CCCCC1)c1ccc(Cl)c(Cl)c1Cl. The standard InChI is InChI=1S/C12H14Cl3NO2S/c13-9-6-7-10(12(15)11(9)14)19(17,18)16-8-4-2-1-3-5-8/h6-8,16H,1-5H2. The normalized spacial score (nSPS) is 17.6. The molecular weight excluding hydrogens is 329 g/mol. The molecule has 1 aromatic carbocycles. The average Bonchev–Trinajstić information content (AvgIpc) is 2.36. The first-order valence-corrected chi connectivity index (χ1v) is 8.69. The minimum atomic E-state index is -3.65. The number of hydrogen-bond acceptors (Lipinski definition) is 2. The molecule has 0 aromatic heterocycles. The van der Waals surface area contributed by atoms with Gasteiger partial charge in [-0.3, -0.25) is 0 Å². The Bertz CT molecular complexity index is 569. The average molecular weight is 343 g/mol. The molecule has 0 atom stereocenters. The van der Waals surface area contributed by atoms with Gasteiger partial charge in [0.25, 0.3) is 0 Å². The van der Waals surface area contributed by atoms with E-state index in [9.17, 15) is 8.42 Å². The molecule has 0 radical (unpaired) electrons. The largest absolute Gasteiger partial charge is 0.242 e. The van der Waals surface area contributed by atoms with Crippen LogP contribution in [-0.2, 0) is 10.0 Å². The Balaban J connectivity index is 2.26. The van der Waals surface area contributed by atoms with Crippen molar-refractivity contribution in [2.45, 2.75) is 43.0 Å². The van der Waals surface area contributed by atoms with Gasteiger partial charge in [-0.25, -0.2) is 13.1 Å². The van der Waals surface area contributed by atoms with Crippen LogP contribution >= 0.6 is 34.8 Å². The smallest absolute Gasteiger partial charge is 0.208 e. The van der Waals surface area contributed by atoms with Crippen LogP contribution in [0.4, 0.5) is 0 Å². The van der Waals surface area contributed by atoms with E-state index in [2.05, 4.69) is 4.72 Å². The molecule has 1 aromatic rings. The highest BCUT2D eigenvalue weighted by Gasteiger charge is 2.25. The summed E-state index contributed by atoms with van der Waals surface area (Å²) >= 11 is 17.6. The van der Waals surface area contributed by atoms with Crippen LogP contribution in [0.1, 0.15) is 32.1 Å². The molecule has 0 spiro atoms. The van der Waals surface area contributed by atoms with Crippen LogP contribution in [0.25, 0.3) is 0 Å². The van der Waals surface area contributed by atoms with Crippen molar-refractivity contribution in [1.82, 2.24) is 4.72 Å². The van der Waals surface area contributed by atoms with Crippen LogP contribution in [0.5, 0.6) is 0 Å². The van der Waals surface area contributed by atoms with E-state index in [1.165, 1.54) is 12.1 Å². The van der Waals surface area contributed by atoms with Gasteiger partial charge in [-0.05, 0) is 25.0 Å². The van der Waals surface area contributed by atoms with Gasteiger partial charge in [-0.2, -0.15) is 0 Å². The summed E-state index contributed by atoms with van der Waals surface area (Å²) in [5, 5.41) is 0.274. The van der Waals surface area contributed by atoms with E-state index < -0.39 is 10.0 Å². The summed E-state index contributed by atoms with van der Waals surface area (Å²) in [5.41, 5.74) is 0. The lowest BCUT2D eigenvalue weighted by molar-refractivity contribution is 0.412.